The van der Waals surface area contributed by atoms with Gasteiger partial charge in [-0.25, -0.2) is 4.98 Å². The zero-order chi connectivity index (χ0) is 17.8. The molecule has 0 aliphatic rings. The first-order valence-corrected chi connectivity index (χ1v) is 8.35. The molecule has 0 bridgehead atoms. The van der Waals surface area contributed by atoms with Crippen LogP contribution in [0.1, 0.15) is 23.0 Å². The molecule has 0 fully saturated rings. The standard InChI is InChI=1S/C19H22N4O2/c1-4-23-12-16(13(2)22-23)18-11-15(19(24)20-9-10-25-3)14-7-5-6-8-17(14)21-18/h5-8,11-12H,4,9-10H2,1-3H3,(H,20,24). The van der Waals surface area contributed by atoms with E-state index in [0.717, 1.165) is 34.4 Å². The number of para-hydroxylation sites is 1. The molecule has 0 atom stereocenters. The second kappa shape index (κ2) is 7.44. The molecule has 130 valence electrons. The minimum atomic E-state index is -0.127. The van der Waals surface area contributed by atoms with Gasteiger partial charge in [-0.15, -0.1) is 0 Å². The number of carbonyl (C=O) groups excluding carboxylic acids is 1. The number of aryl methyl sites for hydroxylation is 2. The molecule has 1 aromatic carbocycles. The summed E-state index contributed by atoms with van der Waals surface area (Å²) in [6, 6.07) is 9.52. The van der Waals surface area contributed by atoms with E-state index in [1.165, 1.54) is 0 Å². The van der Waals surface area contributed by atoms with Crippen LogP contribution in [0.3, 0.4) is 0 Å². The van der Waals surface area contributed by atoms with E-state index in [1.54, 1.807) is 7.11 Å². The van der Waals surface area contributed by atoms with E-state index >= 15 is 0 Å². The molecule has 1 amide bonds. The second-order valence-corrected chi connectivity index (χ2v) is 5.80. The summed E-state index contributed by atoms with van der Waals surface area (Å²) in [7, 11) is 1.61. The van der Waals surface area contributed by atoms with Gasteiger partial charge in [0, 0.05) is 37.3 Å². The normalized spacial score (nSPS) is 11.0. The van der Waals surface area contributed by atoms with Gasteiger partial charge in [0.2, 0.25) is 0 Å². The highest BCUT2D eigenvalue weighted by atomic mass is 16.5. The van der Waals surface area contributed by atoms with Gasteiger partial charge in [0.15, 0.2) is 0 Å². The van der Waals surface area contributed by atoms with E-state index in [2.05, 4.69) is 10.4 Å². The maximum atomic E-state index is 12.6. The van der Waals surface area contributed by atoms with Gasteiger partial charge in [-0.2, -0.15) is 5.10 Å². The zero-order valence-electron chi connectivity index (χ0n) is 14.7. The van der Waals surface area contributed by atoms with Crippen LogP contribution >= 0.6 is 0 Å². The number of aromatic nitrogens is 3. The summed E-state index contributed by atoms with van der Waals surface area (Å²) in [6.07, 6.45) is 1.97. The molecule has 0 aliphatic heterocycles. The molecule has 1 N–H and O–H groups in total. The predicted octanol–water partition coefficient (Wildman–Crippen LogP) is 2.80. The van der Waals surface area contributed by atoms with Crippen LogP contribution in [-0.4, -0.2) is 40.9 Å². The summed E-state index contributed by atoms with van der Waals surface area (Å²) < 4.78 is 6.88. The Hall–Kier alpha value is -2.73. The Labute approximate surface area is 146 Å². The number of rotatable bonds is 6. The lowest BCUT2D eigenvalue weighted by Crippen LogP contribution is -2.27. The topological polar surface area (TPSA) is 69.0 Å². The SMILES string of the molecule is CCn1cc(-c2cc(C(=O)NCCOC)c3ccccc3n2)c(C)n1. The Morgan fingerprint density at radius 3 is 2.84 bits per heavy atom. The van der Waals surface area contributed by atoms with Crippen molar-refractivity contribution in [1.82, 2.24) is 20.1 Å². The summed E-state index contributed by atoms with van der Waals surface area (Å²) in [5.41, 5.74) is 4.00. The van der Waals surface area contributed by atoms with Crippen LogP contribution in [0, 0.1) is 6.92 Å². The van der Waals surface area contributed by atoms with Gasteiger partial charge in [0.05, 0.1) is 29.1 Å². The summed E-state index contributed by atoms with van der Waals surface area (Å²) in [6.45, 7) is 5.73. The van der Waals surface area contributed by atoms with Crippen molar-refractivity contribution >= 4 is 16.8 Å². The molecule has 0 saturated carbocycles. The fraction of sp³-hybridized carbons (Fsp3) is 0.316. The largest absolute Gasteiger partial charge is 0.383 e. The minimum absolute atomic E-state index is 0.127. The number of carbonyl (C=O) groups is 1. The lowest BCUT2D eigenvalue weighted by Gasteiger charge is -2.10. The molecule has 25 heavy (non-hydrogen) atoms. The average molecular weight is 338 g/mol. The van der Waals surface area contributed by atoms with Gasteiger partial charge < -0.3 is 10.1 Å². The van der Waals surface area contributed by atoms with Crippen molar-refractivity contribution in [2.75, 3.05) is 20.3 Å². The number of ether oxygens (including phenoxy) is 1. The molecule has 0 aliphatic carbocycles. The number of hydrogen-bond donors (Lipinski definition) is 1. The van der Waals surface area contributed by atoms with Crippen LogP contribution in [0.2, 0.25) is 0 Å². The Kier molecular flexibility index (Phi) is 5.09. The smallest absolute Gasteiger partial charge is 0.252 e. The zero-order valence-corrected chi connectivity index (χ0v) is 14.7. The van der Waals surface area contributed by atoms with Crippen molar-refractivity contribution in [2.24, 2.45) is 0 Å². The monoisotopic (exact) mass is 338 g/mol. The molecule has 3 aromatic rings. The number of amides is 1. The van der Waals surface area contributed by atoms with Crippen LogP contribution in [0.25, 0.3) is 22.2 Å². The van der Waals surface area contributed by atoms with Crippen molar-refractivity contribution in [1.29, 1.82) is 0 Å². The second-order valence-electron chi connectivity index (χ2n) is 5.80. The van der Waals surface area contributed by atoms with Crippen molar-refractivity contribution in [3.63, 3.8) is 0 Å². The van der Waals surface area contributed by atoms with Gasteiger partial charge in [-0.1, -0.05) is 18.2 Å². The van der Waals surface area contributed by atoms with Crippen molar-refractivity contribution < 1.29 is 9.53 Å². The van der Waals surface area contributed by atoms with E-state index in [4.69, 9.17) is 9.72 Å². The number of pyridine rings is 1. The third-order valence-corrected chi connectivity index (χ3v) is 4.10. The number of nitrogens with one attached hydrogen (secondary N) is 1. The third-order valence-electron chi connectivity index (χ3n) is 4.10. The Morgan fingerprint density at radius 1 is 1.32 bits per heavy atom. The maximum Gasteiger partial charge on any atom is 0.252 e. The Balaban J connectivity index is 2.08. The van der Waals surface area contributed by atoms with Gasteiger partial charge in [-0.05, 0) is 26.0 Å². The van der Waals surface area contributed by atoms with Crippen molar-refractivity contribution in [3.8, 4) is 11.3 Å². The number of benzene rings is 1. The van der Waals surface area contributed by atoms with Gasteiger partial charge in [0.1, 0.15) is 0 Å². The van der Waals surface area contributed by atoms with E-state index in [0.29, 0.717) is 18.7 Å². The maximum absolute atomic E-state index is 12.6. The summed E-state index contributed by atoms with van der Waals surface area (Å²) >= 11 is 0. The number of methoxy groups -OCH3 is 1. The first kappa shape index (κ1) is 17.1. The summed E-state index contributed by atoms with van der Waals surface area (Å²) in [4.78, 5) is 17.4. The Morgan fingerprint density at radius 2 is 2.12 bits per heavy atom. The quantitative estimate of drug-likeness (QED) is 0.702. The van der Waals surface area contributed by atoms with E-state index in [1.807, 2.05) is 55.1 Å². The lowest BCUT2D eigenvalue weighted by atomic mass is 10.0. The predicted molar refractivity (Wildman–Crippen MR) is 97.6 cm³/mol. The average Bonchev–Trinajstić information content (AvgIpc) is 3.02. The van der Waals surface area contributed by atoms with E-state index in [-0.39, 0.29) is 5.91 Å². The van der Waals surface area contributed by atoms with Crippen molar-refractivity contribution in [3.05, 3.63) is 47.8 Å². The number of fused-ring (bicyclic) bond motifs is 1. The fourth-order valence-electron chi connectivity index (χ4n) is 2.79. The highest BCUT2D eigenvalue weighted by Gasteiger charge is 2.16. The summed E-state index contributed by atoms with van der Waals surface area (Å²) in [5.74, 6) is -0.127. The highest BCUT2D eigenvalue weighted by Crippen LogP contribution is 2.26. The van der Waals surface area contributed by atoms with Crippen LogP contribution in [-0.2, 0) is 11.3 Å². The molecule has 0 radical (unpaired) electrons. The lowest BCUT2D eigenvalue weighted by molar-refractivity contribution is 0.0938. The molecule has 0 spiro atoms. The molecular weight excluding hydrogens is 316 g/mol. The van der Waals surface area contributed by atoms with Crippen molar-refractivity contribution in [2.45, 2.75) is 20.4 Å². The van der Waals surface area contributed by atoms with Gasteiger partial charge in [0.25, 0.3) is 5.91 Å². The van der Waals surface area contributed by atoms with E-state index in [9.17, 15) is 4.79 Å². The minimum Gasteiger partial charge on any atom is -0.383 e. The number of nitrogens with zero attached hydrogens (tertiary/aromatic N) is 3. The fourth-order valence-corrected chi connectivity index (χ4v) is 2.79. The first-order chi connectivity index (χ1) is 12.1. The van der Waals surface area contributed by atoms with Crippen LogP contribution in [0.5, 0.6) is 0 Å². The van der Waals surface area contributed by atoms with Crippen LogP contribution in [0.15, 0.2) is 36.5 Å². The third kappa shape index (κ3) is 3.53. The molecule has 6 heteroatoms. The molecule has 0 unspecified atom stereocenters. The molecule has 6 nitrogen and oxygen atoms in total. The van der Waals surface area contributed by atoms with Gasteiger partial charge in [-0.3, -0.25) is 9.48 Å². The Bertz CT molecular complexity index is 902. The highest BCUT2D eigenvalue weighted by molar-refractivity contribution is 6.07. The molecule has 0 saturated heterocycles. The van der Waals surface area contributed by atoms with Gasteiger partial charge >= 0.3 is 0 Å². The van der Waals surface area contributed by atoms with Crippen LogP contribution in [0.4, 0.5) is 0 Å². The van der Waals surface area contributed by atoms with E-state index < -0.39 is 0 Å². The molecular formula is C19H22N4O2. The number of hydrogen-bond acceptors (Lipinski definition) is 4. The molecule has 2 heterocycles. The molecule has 2 aromatic heterocycles. The van der Waals surface area contributed by atoms with Crippen LogP contribution < -0.4 is 5.32 Å². The first-order valence-electron chi connectivity index (χ1n) is 8.35. The summed E-state index contributed by atoms with van der Waals surface area (Å²) in [5, 5.41) is 8.20. The molecule has 3 rings (SSSR count).